The van der Waals surface area contributed by atoms with Crippen molar-refractivity contribution in [2.24, 2.45) is 5.92 Å². The molecule has 6 nitrogen and oxygen atoms in total. The fraction of sp³-hybridized carbons (Fsp3) is 0.500. The van der Waals surface area contributed by atoms with Crippen LogP contribution in [0.25, 0.3) is 0 Å². The molecule has 1 aliphatic carbocycles. The third kappa shape index (κ3) is 6.32. The number of ketones is 1. The normalized spacial score (nSPS) is 17.3. The minimum atomic E-state index is -5.10. The number of nitro groups is 1. The number of rotatable bonds is 10. The minimum absolute atomic E-state index is 0.0709. The quantitative estimate of drug-likeness (QED) is 0.228. The summed E-state index contributed by atoms with van der Waals surface area (Å²) < 4.78 is 45.3. The Kier molecular flexibility index (Phi) is 8.75. The van der Waals surface area contributed by atoms with E-state index in [0.717, 1.165) is 43.7 Å². The van der Waals surface area contributed by atoms with E-state index >= 15 is 0 Å². The molecule has 3 atom stereocenters. The maximum atomic E-state index is 13.4. The van der Waals surface area contributed by atoms with Gasteiger partial charge in [0.15, 0.2) is 0 Å². The molecule has 1 saturated carbocycles. The number of ether oxygens (including phenoxy) is 1. The Balaban J connectivity index is 2.09. The highest BCUT2D eigenvalue weighted by Crippen LogP contribution is 2.38. The van der Waals surface area contributed by atoms with Crippen molar-refractivity contribution in [3.8, 4) is 5.75 Å². The molecule has 9 heteroatoms. The lowest BCUT2D eigenvalue weighted by molar-refractivity contribution is -0.531. The number of hydrogen-bond donors (Lipinski definition) is 1. The second-order valence-electron chi connectivity index (χ2n) is 9.01. The van der Waals surface area contributed by atoms with Crippen LogP contribution in [-0.4, -0.2) is 36.1 Å². The van der Waals surface area contributed by atoms with E-state index in [0.29, 0.717) is 6.42 Å². The van der Waals surface area contributed by atoms with Gasteiger partial charge in [0.25, 0.3) is 5.78 Å². The largest absolute Gasteiger partial charge is 0.497 e. The molecule has 1 aliphatic rings. The third-order valence-electron chi connectivity index (χ3n) is 6.90. The molecule has 0 unspecified atom stereocenters. The Morgan fingerprint density at radius 1 is 1.14 bits per heavy atom. The van der Waals surface area contributed by atoms with Crippen molar-refractivity contribution in [2.75, 3.05) is 12.4 Å². The summed E-state index contributed by atoms with van der Waals surface area (Å²) in [6.07, 6.45) is -0.349. The molecule has 0 aromatic heterocycles. The third-order valence-corrected chi connectivity index (χ3v) is 6.90. The number of carbonyl (C=O) groups excluding carboxylic acids is 1. The number of alkyl halides is 3. The van der Waals surface area contributed by atoms with Crippen molar-refractivity contribution in [2.45, 2.75) is 69.6 Å². The lowest BCUT2D eigenvalue weighted by Gasteiger charge is -2.36. The van der Waals surface area contributed by atoms with E-state index in [2.05, 4.69) is 5.32 Å². The zero-order valence-corrected chi connectivity index (χ0v) is 19.9. The lowest BCUT2D eigenvalue weighted by atomic mass is 9.75. The Morgan fingerprint density at radius 3 is 2.34 bits per heavy atom. The van der Waals surface area contributed by atoms with Gasteiger partial charge in [-0.15, -0.1) is 0 Å². The Bertz CT molecular complexity index is 1010. The van der Waals surface area contributed by atoms with Crippen LogP contribution in [0.4, 0.5) is 18.9 Å². The van der Waals surface area contributed by atoms with Crippen LogP contribution in [0.5, 0.6) is 5.75 Å². The summed E-state index contributed by atoms with van der Waals surface area (Å²) >= 11 is 0. The lowest BCUT2D eigenvalue weighted by Crippen LogP contribution is -2.48. The first kappa shape index (κ1) is 26.5. The number of benzene rings is 2. The molecule has 0 aliphatic heterocycles. The Labute approximate surface area is 203 Å². The van der Waals surface area contributed by atoms with Gasteiger partial charge in [-0.25, -0.2) is 0 Å². The van der Waals surface area contributed by atoms with Crippen LogP contribution >= 0.6 is 0 Å². The summed E-state index contributed by atoms with van der Waals surface area (Å²) in [4.78, 5) is 24.5. The van der Waals surface area contributed by atoms with Gasteiger partial charge in [0.2, 0.25) is 6.04 Å². The number of halogens is 3. The Hall–Kier alpha value is -3.10. The van der Waals surface area contributed by atoms with Crippen molar-refractivity contribution in [1.29, 1.82) is 0 Å². The minimum Gasteiger partial charge on any atom is -0.497 e. The smallest absolute Gasteiger partial charge is 0.454 e. The first-order valence-corrected chi connectivity index (χ1v) is 11.9. The number of methoxy groups -OCH3 is 1. The SMILES string of the molecule is CC[C@H](c1ccccc1)[C@@H]([C@H](Nc1ccc(OC)cc1C(=O)C(F)(F)F)C1CCCCC1)[N+](=O)[O-]. The second-order valence-corrected chi connectivity index (χ2v) is 9.01. The number of hydrogen-bond acceptors (Lipinski definition) is 5. The molecular weight excluding hydrogens is 461 g/mol. The van der Waals surface area contributed by atoms with E-state index in [1.807, 2.05) is 37.3 Å². The highest BCUT2D eigenvalue weighted by Gasteiger charge is 2.45. The number of carbonyl (C=O) groups is 1. The van der Waals surface area contributed by atoms with E-state index in [1.165, 1.54) is 19.2 Å². The Morgan fingerprint density at radius 2 is 1.80 bits per heavy atom. The summed E-state index contributed by atoms with van der Waals surface area (Å²) in [6, 6.07) is 11.1. The van der Waals surface area contributed by atoms with Gasteiger partial charge in [-0.1, -0.05) is 56.5 Å². The van der Waals surface area contributed by atoms with Gasteiger partial charge in [0.1, 0.15) is 5.75 Å². The van der Waals surface area contributed by atoms with Gasteiger partial charge < -0.3 is 10.1 Å². The molecule has 35 heavy (non-hydrogen) atoms. The maximum absolute atomic E-state index is 13.4. The number of Topliss-reactive ketones (excluding diaryl/α,β-unsaturated/α-hetero) is 1. The average Bonchev–Trinajstić information content (AvgIpc) is 2.86. The highest BCUT2D eigenvalue weighted by molar-refractivity contribution is 6.05. The van der Waals surface area contributed by atoms with E-state index < -0.39 is 35.5 Å². The zero-order chi connectivity index (χ0) is 25.6. The average molecular weight is 493 g/mol. The molecule has 0 spiro atoms. The molecule has 3 rings (SSSR count). The second kappa shape index (κ2) is 11.6. The summed E-state index contributed by atoms with van der Waals surface area (Å²) in [7, 11) is 1.30. The standard InChI is InChI=1S/C26H31F3N2O4/c1-3-20(17-10-6-4-7-11-17)24(31(33)34)23(18-12-8-5-9-13-18)30-22-15-14-19(35-2)16-21(22)25(32)26(27,28)29/h4,6-7,10-11,14-16,18,20,23-24,30H,3,5,8-9,12-13H2,1-2H3/t20-,23-,24+/m1/s1. The summed E-state index contributed by atoms with van der Waals surface area (Å²) in [6.45, 7) is 1.87. The van der Waals surface area contributed by atoms with Gasteiger partial charge in [0, 0.05) is 10.6 Å². The predicted molar refractivity (Wildman–Crippen MR) is 128 cm³/mol. The molecule has 1 fully saturated rings. The van der Waals surface area contributed by atoms with Crippen LogP contribution < -0.4 is 10.1 Å². The molecule has 0 bridgehead atoms. The first-order chi connectivity index (χ1) is 16.7. The van der Waals surface area contributed by atoms with Crippen molar-refractivity contribution in [3.05, 3.63) is 69.8 Å². The van der Waals surface area contributed by atoms with Gasteiger partial charge in [-0.05, 0) is 48.9 Å². The van der Waals surface area contributed by atoms with Crippen molar-refractivity contribution < 1.29 is 27.6 Å². The predicted octanol–water partition coefficient (Wildman–Crippen LogP) is 6.64. The van der Waals surface area contributed by atoms with Crippen molar-refractivity contribution in [1.82, 2.24) is 0 Å². The monoisotopic (exact) mass is 492 g/mol. The summed E-state index contributed by atoms with van der Waals surface area (Å²) in [5, 5.41) is 15.6. The highest BCUT2D eigenvalue weighted by atomic mass is 19.4. The molecule has 2 aromatic carbocycles. The van der Waals surface area contributed by atoms with E-state index in [1.54, 1.807) is 0 Å². The van der Waals surface area contributed by atoms with Crippen LogP contribution in [0.1, 0.15) is 67.3 Å². The maximum Gasteiger partial charge on any atom is 0.454 e. The molecule has 0 radical (unpaired) electrons. The van der Waals surface area contributed by atoms with Gasteiger partial charge in [0.05, 0.1) is 24.6 Å². The molecule has 2 aromatic rings. The first-order valence-electron chi connectivity index (χ1n) is 11.9. The number of nitrogens with one attached hydrogen (secondary N) is 1. The molecule has 0 amide bonds. The van der Waals surface area contributed by atoms with Gasteiger partial charge >= 0.3 is 6.18 Å². The molecule has 190 valence electrons. The molecular formula is C26H31F3N2O4. The fourth-order valence-electron chi connectivity index (χ4n) is 5.17. The summed E-state index contributed by atoms with van der Waals surface area (Å²) in [5.74, 6) is -2.49. The topological polar surface area (TPSA) is 81.5 Å². The van der Waals surface area contributed by atoms with Crippen LogP contribution in [0.3, 0.4) is 0 Å². The van der Waals surface area contributed by atoms with Crippen LogP contribution in [0.2, 0.25) is 0 Å². The number of nitrogens with zero attached hydrogens (tertiary/aromatic N) is 1. The van der Waals surface area contributed by atoms with Crippen LogP contribution in [-0.2, 0) is 0 Å². The zero-order valence-electron chi connectivity index (χ0n) is 19.9. The summed E-state index contributed by atoms with van der Waals surface area (Å²) in [5.41, 5.74) is 0.131. The van der Waals surface area contributed by atoms with Crippen molar-refractivity contribution >= 4 is 11.5 Å². The van der Waals surface area contributed by atoms with Crippen molar-refractivity contribution in [3.63, 3.8) is 0 Å². The molecule has 0 saturated heterocycles. The van der Waals surface area contributed by atoms with E-state index in [-0.39, 0.29) is 22.3 Å². The van der Waals surface area contributed by atoms with E-state index in [4.69, 9.17) is 4.74 Å². The number of anilines is 1. The van der Waals surface area contributed by atoms with Crippen LogP contribution in [0.15, 0.2) is 48.5 Å². The molecule has 0 heterocycles. The van der Waals surface area contributed by atoms with Gasteiger partial charge in [-0.3, -0.25) is 14.9 Å². The van der Waals surface area contributed by atoms with E-state index in [9.17, 15) is 28.1 Å². The van der Waals surface area contributed by atoms with Crippen LogP contribution in [0, 0.1) is 16.0 Å². The van der Waals surface area contributed by atoms with Gasteiger partial charge in [-0.2, -0.15) is 13.2 Å². The molecule has 1 N–H and O–H groups in total. The fourth-order valence-corrected chi connectivity index (χ4v) is 5.17.